The van der Waals surface area contributed by atoms with E-state index in [1.165, 1.54) is 0 Å². The fraction of sp³-hybridized carbons (Fsp3) is 0.158. The van der Waals surface area contributed by atoms with Crippen LogP contribution in [0.5, 0.6) is 5.75 Å². The summed E-state index contributed by atoms with van der Waals surface area (Å²) in [6, 6.07) is 17.7. The summed E-state index contributed by atoms with van der Waals surface area (Å²) in [6.45, 7) is 0. The van der Waals surface area contributed by atoms with Crippen LogP contribution < -0.4 is 15.0 Å². The molecule has 7 heteroatoms. The van der Waals surface area contributed by atoms with E-state index < -0.39 is 0 Å². The van der Waals surface area contributed by atoms with Gasteiger partial charge < -0.3 is 15.0 Å². The monoisotopic (exact) mass is 401 g/mol. The van der Waals surface area contributed by atoms with Gasteiger partial charge in [-0.3, -0.25) is 4.98 Å². The van der Waals surface area contributed by atoms with Gasteiger partial charge in [-0.25, -0.2) is 0 Å². The van der Waals surface area contributed by atoms with Gasteiger partial charge in [0.15, 0.2) is 5.11 Å². The smallest absolute Gasteiger partial charge is 0.174 e. The molecule has 1 saturated heterocycles. The molecule has 3 aromatic rings. The van der Waals surface area contributed by atoms with E-state index >= 15 is 0 Å². The summed E-state index contributed by atoms with van der Waals surface area (Å²) in [5.74, 6) is 0.787. The van der Waals surface area contributed by atoms with Gasteiger partial charge in [0.2, 0.25) is 0 Å². The van der Waals surface area contributed by atoms with Crippen molar-refractivity contribution in [3.63, 3.8) is 0 Å². The van der Waals surface area contributed by atoms with E-state index in [-0.39, 0.29) is 12.1 Å². The summed E-state index contributed by atoms with van der Waals surface area (Å²) >= 11 is 13.5. The Kier molecular flexibility index (Phi) is 4.80. The quantitative estimate of drug-likeness (QED) is 0.624. The zero-order valence-electron chi connectivity index (χ0n) is 13.9. The topological polar surface area (TPSA) is 37.4 Å². The van der Waals surface area contributed by atoms with Crippen molar-refractivity contribution in [2.24, 2.45) is 0 Å². The van der Waals surface area contributed by atoms with Crippen molar-refractivity contribution in [2.45, 2.75) is 12.1 Å². The van der Waals surface area contributed by atoms with Gasteiger partial charge in [0, 0.05) is 22.8 Å². The summed E-state index contributed by atoms with van der Waals surface area (Å²) in [5.41, 5.74) is 1.91. The third-order valence-corrected chi connectivity index (χ3v) is 5.93. The Morgan fingerprint density at radius 2 is 2.08 bits per heavy atom. The SMILES string of the molecule is COc1cccc(N2C(=S)N[C@@H](c3ccccn3)[C@@H]2c2ccc(Cl)s2)c1. The maximum Gasteiger partial charge on any atom is 0.174 e. The Morgan fingerprint density at radius 3 is 2.77 bits per heavy atom. The van der Waals surface area contributed by atoms with E-state index in [0.717, 1.165) is 26.3 Å². The Labute approximate surface area is 166 Å². The van der Waals surface area contributed by atoms with E-state index in [9.17, 15) is 0 Å². The Morgan fingerprint density at radius 1 is 1.19 bits per heavy atom. The van der Waals surface area contributed by atoms with Crippen molar-refractivity contribution in [3.05, 3.63) is 75.7 Å². The highest BCUT2D eigenvalue weighted by Gasteiger charge is 2.41. The molecule has 1 N–H and O–H groups in total. The molecule has 0 saturated carbocycles. The standard InChI is InChI=1S/C19H16ClN3OS2/c1-24-13-6-4-5-12(11-13)23-18(15-8-9-16(20)26-15)17(22-19(23)25)14-7-2-3-10-21-14/h2-11,17-18H,1H3,(H,22,25)/t17-,18-/m0/s1. The molecule has 0 unspecified atom stereocenters. The third-order valence-electron chi connectivity index (χ3n) is 4.32. The van der Waals surface area contributed by atoms with Crippen molar-refractivity contribution in [1.29, 1.82) is 0 Å². The molecule has 0 amide bonds. The minimum Gasteiger partial charge on any atom is -0.497 e. The second kappa shape index (κ2) is 7.23. The van der Waals surface area contributed by atoms with Crippen molar-refractivity contribution in [1.82, 2.24) is 10.3 Å². The van der Waals surface area contributed by atoms with E-state index in [4.69, 9.17) is 28.6 Å². The number of thiophene rings is 1. The molecule has 0 aliphatic carbocycles. The van der Waals surface area contributed by atoms with Crippen LogP contribution in [0.15, 0.2) is 60.8 Å². The lowest BCUT2D eigenvalue weighted by Crippen LogP contribution is -2.29. The normalized spacial score (nSPS) is 19.5. The van der Waals surface area contributed by atoms with Crippen LogP contribution in [0.1, 0.15) is 22.7 Å². The molecule has 1 aliphatic heterocycles. The number of nitrogens with zero attached hydrogens (tertiary/aromatic N) is 2. The molecule has 0 spiro atoms. The summed E-state index contributed by atoms with van der Waals surface area (Å²) in [4.78, 5) is 7.77. The van der Waals surface area contributed by atoms with Gasteiger partial charge in [-0.2, -0.15) is 0 Å². The summed E-state index contributed by atoms with van der Waals surface area (Å²) < 4.78 is 6.14. The summed E-state index contributed by atoms with van der Waals surface area (Å²) in [5, 5.41) is 4.09. The van der Waals surface area contributed by atoms with Gasteiger partial charge in [-0.05, 0) is 48.6 Å². The molecule has 1 fully saturated rings. The van der Waals surface area contributed by atoms with E-state index in [1.54, 1.807) is 24.6 Å². The number of rotatable bonds is 4. The molecular weight excluding hydrogens is 386 g/mol. The predicted molar refractivity (Wildman–Crippen MR) is 110 cm³/mol. The number of methoxy groups -OCH3 is 1. The largest absolute Gasteiger partial charge is 0.497 e. The fourth-order valence-electron chi connectivity index (χ4n) is 3.17. The minimum atomic E-state index is -0.0652. The zero-order valence-corrected chi connectivity index (χ0v) is 16.3. The van der Waals surface area contributed by atoms with Crippen molar-refractivity contribution >= 4 is 46.0 Å². The first-order valence-electron chi connectivity index (χ1n) is 8.07. The highest BCUT2D eigenvalue weighted by molar-refractivity contribution is 7.80. The average Bonchev–Trinajstić information content (AvgIpc) is 3.25. The van der Waals surface area contributed by atoms with Gasteiger partial charge in [-0.15, -0.1) is 11.3 Å². The van der Waals surface area contributed by atoms with Gasteiger partial charge in [0.05, 0.1) is 29.2 Å². The number of nitrogens with one attached hydrogen (secondary N) is 1. The number of ether oxygens (including phenoxy) is 1. The summed E-state index contributed by atoms with van der Waals surface area (Å²) in [6.07, 6.45) is 1.80. The van der Waals surface area contributed by atoms with Crippen LogP contribution in [0.3, 0.4) is 0 Å². The second-order valence-corrected chi connectivity index (χ2v) is 7.97. The fourth-order valence-corrected chi connectivity index (χ4v) is 4.71. The molecule has 1 aliphatic rings. The maximum atomic E-state index is 6.22. The number of thiocarbonyl (C=S) groups is 1. The Hall–Kier alpha value is -2.15. The lowest BCUT2D eigenvalue weighted by atomic mass is 10.0. The van der Waals surface area contributed by atoms with E-state index in [0.29, 0.717) is 5.11 Å². The third kappa shape index (κ3) is 3.16. The van der Waals surface area contributed by atoms with Crippen LogP contribution in [0.25, 0.3) is 0 Å². The molecule has 0 bridgehead atoms. The molecule has 132 valence electrons. The van der Waals surface area contributed by atoms with Crippen LogP contribution in [0.2, 0.25) is 4.34 Å². The maximum absolute atomic E-state index is 6.22. The molecule has 3 heterocycles. The first kappa shape index (κ1) is 17.3. The first-order valence-corrected chi connectivity index (χ1v) is 9.67. The van der Waals surface area contributed by atoms with Gasteiger partial charge in [-0.1, -0.05) is 23.7 Å². The second-order valence-electron chi connectivity index (χ2n) is 5.84. The van der Waals surface area contributed by atoms with Crippen molar-refractivity contribution in [3.8, 4) is 5.75 Å². The number of hydrogen-bond donors (Lipinski definition) is 1. The Balaban J connectivity index is 1.82. The molecule has 2 aromatic heterocycles. The zero-order chi connectivity index (χ0) is 18.1. The molecule has 26 heavy (non-hydrogen) atoms. The molecular formula is C19H16ClN3OS2. The molecule has 4 rings (SSSR count). The number of halogens is 1. The van der Waals surface area contributed by atoms with Crippen molar-refractivity contribution in [2.75, 3.05) is 12.0 Å². The van der Waals surface area contributed by atoms with Crippen LogP contribution in [0.4, 0.5) is 5.69 Å². The highest BCUT2D eigenvalue weighted by atomic mass is 35.5. The molecule has 2 atom stereocenters. The number of pyridine rings is 1. The highest BCUT2D eigenvalue weighted by Crippen LogP contribution is 2.44. The summed E-state index contributed by atoms with van der Waals surface area (Å²) in [7, 11) is 1.66. The molecule has 4 nitrogen and oxygen atoms in total. The molecule has 0 radical (unpaired) electrons. The van der Waals surface area contributed by atoms with Gasteiger partial charge in [0.1, 0.15) is 5.75 Å². The number of benzene rings is 1. The van der Waals surface area contributed by atoms with Crippen LogP contribution in [0, 0.1) is 0 Å². The van der Waals surface area contributed by atoms with E-state index in [2.05, 4.69) is 21.3 Å². The van der Waals surface area contributed by atoms with E-state index in [1.807, 2.05) is 48.5 Å². The number of aromatic nitrogens is 1. The van der Waals surface area contributed by atoms with Crippen LogP contribution in [-0.2, 0) is 0 Å². The van der Waals surface area contributed by atoms with Crippen molar-refractivity contribution < 1.29 is 4.74 Å². The number of anilines is 1. The van der Waals surface area contributed by atoms with Gasteiger partial charge >= 0.3 is 0 Å². The first-order chi connectivity index (χ1) is 12.7. The lowest BCUT2D eigenvalue weighted by molar-refractivity contribution is 0.415. The predicted octanol–water partition coefficient (Wildman–Crippen LogP) is 4.98. The van der Waals surface area contributed by atoms with Gasteiger partial charge in [0.25, 0.3) is 0 Å². The van der Waals surface area contributed by atoms with Crippen LogP contribution >= 0.6 is 35.2 Å². The Bertz CT molecular complexity index is 931. The lowest BCUT2D eigenvalue weighted by Gasteiger charge is -2.27. The van der Waals surface area contributed by atoms with Crippen LogP contribution in [-0.4, -0.2) is 17.2 Å². The minimum absolute atomic E-state index is 0.0398. The molecule has 1 aromatic carbocycles. The number of hydrogen-bond acceptors (Lipinski definition) is 4. The average molecular weight is 402 g/mol.